The van der Waals surface area contributed by atoms with Crippen molar-refractivity contribution in [3.05, 3.63) is 47.4 Å². The first kappa shape index (κ1) is 8.57. The number of hydrogen-bond donors (Lipinski definition) is 0. The van der Waals surface area contributed by atoms with Crippen molar-refractivity contribution in [3.63, 3.8) is 0 Å². The molecule has 0 fully saturated rings. The molecule has 1 aliphatic heterocycles. The van der Waals surface area contributed by atoms with Gasteiger partial charge in [-0.15, -0.1) is 11.8 Å². The van der Waals surface area contributed by atoms with Gasteiger partial charge in [0.05, 0.1) is 5.25 Å². The summed E-state index contributed by atoms with van der Waals surface area (Å²) in [7, 11) is 0. The molecule has 1 aromatic rings. The first-order chi connectivity index (χ1) is 6.36. The second-order valence-electron chi connectivity index (χ2n) is 3.02. The molecule has 1 unspecified atom stereocenters. The summed E-state index contributed by atoms with van der Waals surface area (Å²) in [6.45, 7) is 0. The molecule has 0 aromatic heterocycles. The van der Waals surface area contributed by atoms with Crippen molar-refractivity contribution in [1.29, 1.82) is 0 Å². The number of hydrogen-bond acceptors (Lipinski definition) is 2. The van der Waals surface area contributed by atoms with Crippen molar-refractivity contribution >= 4 is 17.5 Å². The van der Waals surface area contributed by atoms with Gasteiger partial charge >= 0.3 is 0 Å². The van der Waals surface area contributed by atoms with E-state index in [1.807, 2.05) is 23.6 Å². The van der Waals surface area contributed by atoms with Gasteiger partial charge in [-0.2, -0.15) is 0 Å². The lowest BCUT2D eigenvalue weighted by molar-refractivity contribution is -0.113. The Morgan fingerprint density at radius 1 is 1.23 bits per heavy atom. The van der Waals surface area contributed by atoms with Crippen LogP contribution in [0.1, 0.15) is 5.56 Å². The number of allylic oxidation sites excluding steroid dienone is 1. The third-order valence-corrected chi connectivity index (χ3v) is 3.08. The van der Waals surface area contributed by atoms with E-state index in [4.69, 9.17) is 0 Å². The Kier molecular flexibility index (Phi) is 2.50. The third kappa shape index (κ3) is 2.01. The maximum Gasteiger partial charge on any atom is 0.169 e. The Morgan fingerprint density at radius 2 is 2.00 bits per heavy atom. The highest BCUT2D eigenvalue weighted by molar-refractivity contribution is 8.03. The molecule has 0 bridgehead atoms. The molecule has 0 radical (unpaired) electrons. The number of ketones is 1. The van der Waals surface area contributed by atoms with E-state index in [1.165, 1.54) is 5.56 Å². The number of carbonyl (C=O) groups excluding carboxylic acids is 1. The van der Waals surface area contributed by atoms with Crippen LogP contribution in [0.15, 0.2) is 41.8 Å². The highest BCUT2D eigenvalue weighted by atomic mass is 32.2. The van der Waals surface area contributed by atoms with E-state index in [0.717, 1.165) is 6.42 Å². The van der Waals surface area contributed by atoms with Crippen LogP contribution in [-0.2, 0) is 11.2 Å². The van der Waals surface area contributed by atoms with Crippen LogP contribution < -0.4 is 0 Å². The SMILES string of the molecule is O=C1C=CSC1Cc1ccccc1. The molecule has 1 atom stereocenters. The van der Waals surface area contributed by atoms with Crippen LogP contribution >= 0.6 is 11.8 Å². The van der Waals surface area contributed by atoms with Gasteiger partial charge in [0.1, 0.15) is 0 Å². The van der Waals surface area contributed by atoms with Crippen LogP contribution in [0.4, 0.5) is 0 Å². The average Bonchev–Trinajstić information content (AvgIpc) is 2.54. The van der Waals surface area contributed by atoms with E-state index < -0.39 is 0 Å². The zero-order valence-corrected chi connectivity index (χ0v) is 7.96. The molecular formula is C11H10OS. The van der Waals surface area contributed by atoms with E-state index in [2.05, 4.69) is 12.1 Å². The van der Waals surface area contributed by atoms with Gasteiger partial charge in [0.15, 0.2) is 5.78 Å². The van der Waals surface area contributed by atoms with Gasteiger partial charge in [0.2, 0.25) is 0 Å². The minimum Gasteiger partial charge on any atom is -0.294 e. The van der Waals surface area contributed by atoms with Gasteiger partial charge in [0, 0.05) is 0 Å². The van der Waals surface area contributed by atoms with Crippen LogP contribution in [0.25, 0.3) is 0 Å². The van der Waals surface area contributed by atoms with Crippen molar-refractivity contribution in [1.82, 2.24) is 0 Å². The highest BCUT2D eigenvalue weighted by Gasteiger charge is 2.20. The van der Waals surface area contributed by atoms with Gasteiger partial charge < -0.3 is 0 Å². The first-order valence-corrected chi connectivity index (χ1v) is 5.20. The Balaban J connectivity index is 2.03. The monoisotopic (exact) mass is 190 g/mol. The Hall–Kier alpha value is -1.02. The summed E-state index contributed by atoms with van der Waals surface area (Å²) in [4.78, 5) is 11.3. The molecule has 0 N–H and O–H groups in total. The molecule has 0 spiro atoms. The fourth-order valence-corrected chi connectivity index (χ4v) is 2.26. The summed E-state index contributed by atoms with van der Waals surface area (Å²) in [5.41, 5.74) is 1.23. The molecule has 1 aliphatic rings. The minimum absolute atomic E-state index is 0.113. The Labute approximate surface area is 81.8 Å². The second-order valence-corrected chi connectivity index (χ2v) is 4.13. The zero-order chi connectivity index (χ0) is 9.10. The second kappa shape index (κ2) is 3.79. The average molecular weight is 190 g/mol. The summed E-state index contributed by atoms with van der Waals surface area (Å²) < 4.78 is 0. The number of benzene rings is 1. The molecule has 1 aromatic carbocycles. The topological polar surface area (TPSA) is 17.1 Å². The quantitative estimate of drug-likeness (QED) is 0.712. The summed E-state index contributed by atoms with van der Waals surface area (Å²) in [5.74, 6) is 0.244. The Bertz CT molecular complexity index is 329. The van der Waals surface area contributed by atoms with Crippen LogP contribution in [0.5, 0.6) is 0 Å². The van der Waals surface area contributed by atoms with Crippen molar-refractivity contribution in [2.75, 3.05) is 0 Å². The van der Waals surface area contributed by atoms with Crippen LogP contribution in [-0.4, -0.2) is 11.0 Å². The normalized spacial score (nSPS) is 20.9. The van der Waals surface area contributed by atoms with Gasteiger partial charge in [-0.3, -0.25) is 4.79 Å². The van der Waals surface area contributed by atoms with Crippen molar-refractivity contribution in [2.24, 2.45) is 0 Å². The molecule has 13 heavy (non-hydrogen) atoms. The smallest absolute Gasteiger partial charge is 0.169 e. The molecule has 0 amide bonds. The number of thioether (sulfide) groups is 1. The van der Waals surface area contributed by atoms with Gasteiger partial charge in [-0.25, -0.2) is 0 Å². The fourth-order valence-electron chi connectivity index (χ4n) is 1.35. The van der Waals surface area contributed by atoms with Crippen LogP contribution in [0.2, 0.25) is 0 Å². The maximum atomic E-state index is 11.3. The van der Waals surface area contributed by atoms with Crippen molar-refractivity contribution in [3.8, 4) is 0 Å². The summed E-state index contributed by atoms with van der Waals surface area (Å²) in [5, 5.41) is 2.00. The van der Waals surface area contributed by atoms with Crippen molar-refractivity contribution < 1.29 is 4.79 Å². The predicted octanol–water partition coefficient (Wildman–Crippen LogP) is 2.43. The predicted molar refractivity (Wildman–Crippen MR) is 55.7 cm³/mol. The van der Waals surface area contributed by atoms with Crippen LogP contribution in [0, 0.1) is 0 Å². The molecule has 1 nitrogen and oxygen atoms in total. The lowest BCUT2D eigenvalue weighted by Crippen LogP contribution is -2.13. The van der Waals surface area contributed by atoms with E-state index in [9.17, 15) is 4.79 Å². The summed E-state index contributed by atoms with van der Waals surface area (Å²) in [6, 6.07) is 10.1. The van der Waals surface area contributed by atoms with E-state index >= 15 is 0 Å². The largest absolute Gasteiger partial charge is 0.294 e. The molecule has 66 valence electrons. The number of carbonyl (C=O) groups is 1. The molecule has 2 rings (SSSR count). The molecular weight excluding hydrogens is 180 g/mol. The standard InChI is InChI=1S/C11H10OS/c12-10-6-7-13-11(10)8-9-4-2-1-3-5-9/h1-7,11H,8H2. The summed E-state index contributed by atoms with van der Waals surface area (Å²) in [6.07, 6.45) is 2.51. The lowest BCUT2D eigenvalue weighted by Gasteiger charge is -2.06. The fraction of sp³-hybridized carbons (Fsp3) is 0.182. The van der Waals surface area contributed by atoms with Crippen molar-refractivity contribution in [2.45, 2.75) is 11.7 Å². The lowest BCUT2D eigenvalue weighted by atomic mass is 10.1. The molecule has 1 heterocycles. The molecule has 0 saturated heterocycles. The summed E-state index contributed by atoms with van der Waals surface area (Å²) >= 11 is 1.62. The van der Waals surface area contributed by atoms with E-state index in [1.54, 1.807) is 17.8 Å². The highest BCUT2D eigenvalue weighted by Crippen LogP contribution is 2.24. The maximum absolute atomic E-state index is 11.3. The first-order valence-electron chi connectivity index (χ1n) is 4.26. The van der Waals surface area contributed by atoms with Gasteiger partial charge in [-0.05, 0) is 23.5 Å². The van der Waals surface area contributed by atoms with Gasteiger partial charge in [-0.1, -0.05) is 30.3 Å². The zero-order valence-electron chi connectivity index (χ0n) is 7.14. The number of rotatable bonds is 2. The molecule has 2 heteroatoms. The van der Waals surface area contributed by atoms with Crippen LogP contribution in [0.3, 0.4) is 0 Å². The minimum atomic E-state index is 0.113. The van der Waals surface area contributed by atoms with Gasteiger partial charge in [0.25, 0.3) is 0 Å². The van der Waals surface area contributed by atoms with E-state index in [0.29, 0.717) is 0 Å². The third-order valence-electron chi connectivity index (χ3n) is 2.06. The Morgan fingerprint density at radius 3 is 2.62 bits per heavy atom. The molecule has 0 saturated carbocycles. The molecule has 0 aliphatic carbocycles. The van der Waals surface area contributed by atoms with E-state index in [-0.39, 0.29) is 11.0 Å².